The normalized spacial score (nSPS) is 11.0. The van der Waals surface area contributed by atoms with Crippen molar-refractivity contribution in [3.8, 4) is 11.4 Å². The van der Waals surface area contributed by atoms with Gasteiger partial charge in [0.2, 0.25) is 0 Å². The van der Waals surface area contributed by atoms with Crippen LogP contribution < -0.4 is 4.74 Å². The summed E-state index contributed by atoms with van der Waals surface area (Å²) < 4.78 is 7.78. The molecule has 0 spiro atoms. The van der Waals surface area contributed by atoms with Crippen LogP contribution >= 0.6 is 0 Å². The van der Waals surface area contributed by atoms with E-state index in [0.29, 0.717) is 0 Å². The molecule has 0 aliphatic rings. The van der Waals surface area contributed by atoms with E-state index < -0.39 is 0 Å². The van der Waals surface area contributed by atoms with Crippen LogP contribution in [0.25, 0.3) is 16.6 Å². The van der Waals surface area contributed by atoms with Gasteiger partial charge in [-0.15, -0.1) is 0 Å². The van der Waals surface area contributed by atoms with Gasteiger partial charge in [0.05, 0.1) is 17.8 Å². The number of unbranched alkanes of at least 4 members (excludes halogenated alkanes) is 3. The van der Waals surface area contributed by atoms with Gasteiger partial charge in [-0.2, -0.15) is 5.10 Å². The third-order valence-electron chi connectivity index (χ3n) is 4.04. The number of benzene rings is 2. The van der Waals surface area contributed by atoms with Gasteiger partial charge in [-0.3, -0.25) is 0 Å². The Morgan fingerprint density at radius 3 is 2.61 bits per heavy atom. The lowest BCUT2D eigenvalue weighted by molar-refractivity contribution is 0.305. The molecule has 3 aromatic rings. The van der Waals surface area contributed by atoms with Crippen molar-refractivity contribution >= 4 is 10.9 Å². The number of hydrogen-bond donors (Lipinski definition) is 0. The van der Waals surface area contributed by atoms with Crippen molar-refractivity contribution < 1.29 is 4.74 Å². The SMILES string of the molecule is CCCCCCOc1ccc2nn(-c3ccc(C)cc3)cc2c1. The van der Waals surface area contributed by atoms with Gasteiger partial charge in [-0.25, -0.2) is 4.68 Å². The van der Waals surface area contributed by atoms with Crippen LogP contribution in [-0.4, -0.2) is 16.4 Å². The maximum atomic E-state index is 5.85. The lowest BCUT2D eigenvalue weighted by Gasteiger charge is -2.05. The number of fused-ring (bicyclic) bond motifs is 1. The van der Waals surface area contributed by atoms with Crippen LogP contribution in [0.2, 0.25) is 0 Å². The molecule has 0 amide bonds. The van der Waals surface area contributed by atoms with Crippen molar-refractivity contribution in [1.29, 1.82) is 0 Å². The van der Waals surface area contributed by atoms with E-state index in [4.69, 9.17) is 4.74 Å². The average Bonchev–Trinajstić information content (AvgIpc) is 2.98. The molecule has 120 valence electrons. The fourth-order valence-corrected chi connectivity index (χ4v) is 2.64. The van der Waals surface area contributed by atoms with Crippen molar-refractivity contribution in [2.45, 2.75) is 39.5 Å². The summed E-state index contributed by atoms with van der Waals surface area (Å²) in [7, 11) is 0. The molecule has 0 aliphatic carbocycles. The number of aromatic nitrogens is 2. The Balaban J connectivity index is 1.71. The highest BCUT2D eigenvalue weighted by molar-refractivity contribution is 5.80. The van der Waals surface area contributed by atoms with Crippen LogP contribution in [0.1, 0.15) is 38.2 Å². The van der Waals surface area contributed by atoms with Crippen molar-refractivity contribution in [2.24, 2.45) is 0 Å². The van der Waals surface area contributed by atoms with Crippen LogP contribution in [0, 0.1) is 6.92 Å². The van der Waals surface area contributed by atoms with Crippen molar-refractivity contribution in [3.63, 3.8) is 0 Å². The first-order valence-corrected chi connectivity index (χ1v) is 8.45. The lowest BCUT2D eigenvalue weighted by Crippen LogP contribution is -1.96. The van der Waals surface area contributed by atoms with Crippen molar-refractivity contribution in [3.05, 3.63) is 54.2 Å². The zero-order valence-electron chi connectivity index (χ0n) is 14.0. The Morgan fingerprint density at radius 1 is 1.00 bits per heavy atom. The highest BCUT2D eigenvalue weighted by Crippen LogP contribution is 2.22. The number of nitrogens with zero attached hydrogens (tertiary/aromatic N) is 2. The standard InChI is InChI=1S/C20H24N2O/c1-3-4-5-6-13-23-19-11-12-20-17(14-19)15-22(21-20)18-9-7-16(2)8-10-18/h7-12,14-15H,3-6,13H2,1-2H3. The summed E-state index contributed by atoms with van der Waals surface area (Å²) in [5.74, 6) is 0.928. The van der Waals surface area contributed by atoms with Gasteiger partial charge < -0.3 is 4.74 Å². The first kappa shape index (κ1) is 15.6. The third-order valence-corrected chi connectivity index (χ3v) is 4.04. The number of rotatable bonds is 7. The second-order valence-corrected chi connectivity index (χ2v) is 6.04. The predicted octanol–water partition coefficient (Wildman–Crippen LogP) is 5.29. The van der Waals surface area contributed by atoms with Crippen LogP contribution in [0.5, 0.6) is 5.75 Å². The lowest BCUT2D eigenvalue weighted by atomic mass is 10.2. The van der Waals surface area contributed by atoms with E-state index in [1.165, 1.54) is 24.8 Å². The zero-order valence-corrected chi connectivity index (χ0v) is 14.0. The quantitative estimate of drug-likeness (QED) is 0.554. The third kappa shape index (κ3) is 3.92. The van der Waals surface area contributed by atoms with Gasteiger partial charge in [0.15, 0.2) is 0 Å². The van der Waals surface area contributed by atoms with Gasteiger partial charge in [-0.05, 0) is 43.7 Å². The van der Waals surface area contributed by atoms with Crippen LogP contribution in [0.15, 0.2) is 48.7 Å². The maximum Gasteiger partial charge on any atom is 0.120 e. The van der Waals surface area contributed by atoms with E-state index in [9.17, 15) is 0 Å². The van der Waals surface area contributed by atoms with Gasteiger partial charge in [0.1, 0.15) is 5.75 Å². The van der Waals surface area contributed by atoms with Crippen LogP contribution in [-0.2, 0) is 0 Å². The molecule has 0 saturated carbocycles. The summed E-state index contributed by atoms with van der Waals surface area (Å²) in [6, 6.07) is 14.5. The first-order valence-electron chi connectivity index (χ1n) is 8.45. The highest BCUT2D eigenvalue weighted by Gasteiger charge is 2.04. The van der Waals surface area contributed by atoms with Crippen molar-refractivity contribution in [2.75, 3.05) is 6.61 Å². The maximum absolute atomic E-state index is 5.85. The van der Waals surface area contributed by atoms with E-state index in [-0.39, 0.29) is 0 Å². The summed E-state index contributed by atoms with van der Waals surface area (Å²) in [5.41, 5.74) is 3.32. The second-order valence-electron chi connectivity index (χ2n) is 6.04. The second kappa shape index (κ2) is 7.32. The first-order chi connectivity index (χ1) is 11.3. The van der Waals surface area contributed by atoms with E-state index in [1.54, 1.807) is 0 Å². The number of aryl methyl sites for hydroxylation is 1. The Bertz CT molecular complexity index is 759. The van der Waals surface area contributed by atoms with Crippen LogP contribution in [0.4, 0.5) is 0 Å². The molecule has 0 bridgehead atoms. The molecule has 0 unspecified atom stereocenters. The van der Waals surface area contributed by atoms with Gasteiger partial charge >= 0.3 is 0 Å². The molecule has 0 N–H and O–H groups in total. The average molecular weight is 308 g/mol. The number of ether oxygens (including phenoxy) is 1. The Hall–Kier alpha value is -2.29. The topological polar surface area (TPSA) is 27.1 Å². The minimum atomic E-state index is 0.789. The van der Waals surface area contributed by atoms with Gasteiger partial charge in [-0.1, -0.05) is 43.9 Å². The molecule has 1 aromatic heterocycles. The molecule has 23 heavy (non-hydrogen) atoms. The molecule has 0 fully saturated rings. The highest BCUT2D eigenvalue weighted by atomic mass is 16.5. The summed E-state index contributed by atoms with van der Waals surface area (Å²) >= 11 is 0. The molecule has 3 heteroatoms. The summed E-state index contributed by atoms with van der Waals surface area (Å²) in [6.07, 6.45) is 6.96. The predicted molar refractivity (Wildman–Crippen MR) is 95.4 cm³/mol. The molecule has 0 saturated heterocycles. The molecule has 0 atom stereocenters. The summed E-state index contributed by atoms with van der Waals surface area (Å²) in [5, 5.41) is 5.74. The summed E-state index contributed by atoms with van der Waals surface area (Å²) in [6.45, 7) is 5.10. The molecule has 3 rings (SSSR count). The van der Waals surface area contributed by atoms with E-state index in [0.717, 1.165) is 35.4 Å². The smallest absolute Gasteiger partial charge is 0.120 e. The molecule has 3 nitrogen and oxygen atoms in total. The Kier molecular flexibility index (Phi) is 4.96. The van der Waals surface area contributed by atoms with E-state index in [2.05, 4.69) is 55.5 Å². The molecular weight excluding hydrogens is 284 g/mol. The number of hydrogen-bond acceptors (Lipinski definition) is 2. The minimum Gasteiger partial charge on any atom is -0.494 e. The monoisotopic (exact) mass is 308 g/mol. The van der Waals surface area contributed by atoms with E-state index >= 15 is 0 Å². The Morgan fingerprint density at radius 2 is 1.83 bits per heavy atom. The molecule has 1 heterocycles. The van der Waals surface area contributed by atoms with Crippen molar-refractivity contribution in [1.82, 2.24) is 9.78 Å². The fourth-order valence-electron chi connectivity index (χ4n) is 2.64. The fraction of sp³-hybridized carbons (Fsp3) is 0.350. The Labute approximate surface area is 137 Å². The summed E-state index contributed by atoms with van der Waals surface area (Å²) in [4.78, 5) is 0. The van der Waals surface area contributed by atoms with Gasteiger partial charge in [0.25, 0.3) is 0 Å². The van der Waals surface area contributed by atoms with Gasteiger partial charge in [0, 0.05) is 11.6 Å². The zero-order chi connectivity index (χ0) is 16.1. The molecule has 0 radical (unpaired) electrons. The van der Waals surface area contributed by atoms with Crippen LogP contribution in [0.3, 0.4) is 0 Å². The van der Waals surface area contributed by atoms with E-state index in [1.807, 2.05) is 16.8 Å². The molecule has 0 aliphatic heterocycles. The molecule has 2 aromatic carbocycles. The minimum absolute atomic E-state index is 0.789. The molecular formula is C20H24N2O. The largest absolute Gasteiger partial charge is 0.494 e.